The van der Waals surface area contributed by atoms with Crippen molar-refractivity contribution in [3.8, 4) is 0 Å². The average molecular weight is 461 g/mol. The van der Waals surface area contributed by atoms with E-state index in [4.69, 9.17) is 0 Å². The van der Waals surface area contributed by atoms with Crippen LogP contribution < -0.4 is 16.0 Å². The Bertz CT molecular complexity index is 1120. The molecule has 1 aliphatic rings. The van der Waals surface area contributed by atoms with Crippen molar-refractivity contribution in [2.45, 2.75) is 44.6 Å². The second-order valence-corrected chi connectivity index (χ2v) is 9.12. The van der Waals surface area contributed by atoms with Crippen molar-refractivity contribution in [1.29, 1.82) is 0 Å². The molecule has 10 nitrogen and oxygen atoms in total. The molecule has 4 rings (SSSR count). The van der Waals surface area contributed by atoms with Crippen LogP contribution in [0.25, 0.3) is 10.2 Å². The van der Waals surface area contributed by atoms with E-state index in [1.54, 1.807) is 11.4 Å². The normalized spacial score (nSPS) is 14.3. The maximum Gasteiger partial charge on any atom is 0.321 e. The van der Waals surface area contributed by atoms with Gasteiger partial charge in [0.2, 0.25) is 5.91 Å². The van der Waals surface area contributed by atoms with Crippen LogP contribution in [0.2, 0.25) is 0 Å². The number of rotatable bonds is 6. The first-order valence-electron chi connectivity index (χ1n) is 9.83. The minimum Gasteiger partial charge on any atom is -0.335 e. The fourth-order valence-electron chi connectivity index (χ4n) is 3.42. The standard InChI is InChI=1S/C19H20N6O4S2/c26-16(23-19-22-14-7-6-13(25(28)29)9-15(14)31-19)8-12-10-30-18(21-12)24-17(27)20-11-4-2-1-3-5-11/h6-7,9-11H,1-5,8H2,(H,22,23,26)(H2,20,21,24,27). The highest BCUT2D eigenvalue weighted by Gasteiger charge is 2.17. The van der Waals surface area contributed by atoms with Gasteiger partial charge in [-0.05, 0) is 18.9 Å². The number of nitro benzene ring substituents is 1. The summed E-state index contributed by atoms with van der Waals surface area (Å²) in [5.41, 5.74) is 1.09. The summed E-state index contributed by atoms with van der Waals surface area (Å²) in [6.45, 7) is 0. The maximum atomic E-state index is 12.3. The highest BCUT2D eigenvalue weighted by Crippen LogP contribution is 2.29. The third-order valence-electron chi connectivity index (χ3n) is 4.88. The van der Waals surface area contributed by atoms with Crippen LogP contribution in [0.3, 0.4) is 0 Å². The van der Waals surface area contributed by atoms with Crippen LogP contribution in [0.15, 0.2) is 23.6 Å². The van der Waals surface area contributed by atoms with Gasteiger partial charge in [0.25, 0.3) is 5.69 Å². The molecule has 1 saturated carbocycles. The number of benzene rings is 1. The minimum absolute atomic E-state index is 0.0240. The predicted octanol–water partition coefficient (Wildman–Crippen LogP) is 4.30. The molecular weight excluding hydrogens is 440 g/mol. The van der Waals surface area contributed by atoms with Gasteiger partial charge in [0.1, 0.15) is 0 Å². The van der Waals surface area contributed by atoms with E-state index >= 15 is 0 Å². The molecule has 0 aliphatic heterocycles. The molecule has 3 N–H and O–H groups in total. The summed E-state index contributed by atoms with van der Waals surface area (Å²) in [7, 11) is 0. The fraction of sp³-hybridized carbons (Fsp3) is 0.368. The van der Waals surface area contributed by atoms with E-state index in [0.717, 1.165) is 25.7 Å². The molecule has 162 valence electrons. The lowest BCUT2D eigenvalue weighted by Crippen LogP contribution is -2.39. The molecule has 0 saturated heterocycles. The molecule has 0 bridgehead atoms. The Morgan fingerprint density at radius 3 is 2.71 bits per heavy atom. The molecule has 12 heteroatoms. The zero-order valence-corrected chi connectivity index (χ0v) is 18.1. The Kier molecular flexibility index (Phi) is 6.37. The highest BCUT2D eigenvalue weighted by molar-refractivity contribution is 7.22. The second kappa shape index (κ2) is 9.35. The molecule has 1 aliphatic carbocycles. The van der Waals surface area contributed by atoms with Crippen LogP contribution in [0.4, 0.5) is 20.7 Å². The maximum absolute atomic E-state index is 12.3. The third kappa shape index (κ3) is 5.52. The van der Waals surface area contributed by atoms with Gasteiger partial charge >= 0.3 is 6.03 Å². The first-order valence-corrected chi connectivity index (χ1v) is 11.5. The number of hydrogen-bond donors (Lipinski definition) is 3. The molecule has 0 radical (unpaired) electrons. The summed E-state index contributed by atoms with van der Waals surface area (Å²) < 4.78 is 0.619. The largest absolute Gasteiger partial charge is 0.335 e. The molecule has 3 aromatic rings. The topological polar surface area (TPSA) is 139 Å². The monoisotopic (exact) mass is 460 g/mol. The Morgan fingerprint density at radius 1 is 1.13 bits per heavy atom. The van der Waals surface area contributed by atoms with Gasteiger partial charge in [0.05, 0.1) is 27.3 Å². The van der Waals surface area contributed by atoms with Crippen molar-refractivity contribution in [2.75, 3.05) is 10.6 Å². The Morgan fingerprint density at radius 2 is 1.94 bits per heavy atom. The summed E-state index contributed by atoms with van der Waals surface area (Å²) in [6.07, 6.45) is 5.50. The SMILES string of the molecule is O=C(Cc1csc(NC(=O)NC2CCCCC2)n1)Nc1nc2ccc([N+](=O)[O-])cc2s1. The van der Waals surface area contributed by atoms with Gasteiger partial charge in [-0.1, -0.05) is 30.6 Å². The first kappa shape index (κ1) is 21.1. The van der Waals surface area contributed by atoms with Gasteiger partial charge in [0.15, 0.2) is 10.3 Å². The highest BCUT2D eigenvalue weighted by atomic mass is 32.1. The first-order chi connectivity index (χ1) is 15.0. The summed E-state index contributed by atoms with van der Waals surface area (Å²) in [5.74, 6) is -0.308. The minimum atomic E-state index is -0.472. The number of fused-ring (bicyclic) bond motifs is 1. The van der Waals surface area contributed by atoms with E-state index in [9.17, 15) is 19.7 Å². The van der Waals surface area contributed by atoms with Crippen LogP contribution in [0.1, 0.15) is 37.8 Å². The molecule has 0 atom stereocenters. The van der Waals surface area contributed by atoms with Crippen LogP contribution in [-0.4, -0.2) is 32.9 Å². The predicted molar refractivity (Wildman–Crippen MR) is 120 cm³/mol. The molecule has 1 aromatic carbocycles. The number of hydrogen-bond acceptors (Lipinski definition) is 8. The molecule has 0 unspecified atom stereocenters. The Hall–Kier alpha value is -3.12. The Labute approximate surface area is 185 Å². The molecule has 2 aromatic heterocycles. The van der Waals surface area contributed by atoms with Crippen LogP contribution >= 0.6 is 22.7 Å². The van der Waals surface area contributed by atoms with Crippen LogP contribution in [-0.2, 0) is 11.2 Å². The number of urea groups is 1. The lowest BCUT2D eigenvalue weighted by Gasteiger charge is -2.22. The fourth-order valence-corrected chi connectivity index (χ4v) is 5.04. The van der Waals surface area contributed by atoms with Gasteiger partial charge in [-0.2, -0.15) is 0 Å². The number of anilines is 2. The van der Waals surface area contributed by atoms with Crippen molar-refractivity contribution in [3.05, 3.63) is 39.4 Å². The lowest BCUT2D eigenvalue weighted by atomic mass is 9.96. The summed E-state index contributed by atoms with van der Waals surface area (Å²) >= 11 is 2.42. The Balaban J connectivity index is 1.31. The van der Waals surface area contributed by atoms with Crippen molar-refractivity contribution in [2.24, 2.45) is 0 Å². The summed E-state index contributed by atoms with van der Waals surface area (Å²) in [6, 6.07) is 4.28. The van der Waals surface area contributed by atoms with E-state index in [2.05, 4.69) is 25.9 Å². The van der Waals surface area contributed by atoms with Crippen molar-refractivity contribution < 1.29 is 14.5 Å². The van der Waals surface area contributed by atoms with E-state index in [1.165, 1.54) is 41.2 Å². The van der Waals surface area contributed by atoms with Gasteiger partial charge in [-0.25, -0.2) is 14.8 Å². The van der Waals surface area contributed by atoms with Gasteiger partial charge < -0.3 is 10.6 Å². The summed E-state index contributed by atoms with van der Waals surface area (Å²) in [4.78, 5) is 43.4. The number of amides is 3. The van der Waals surface area contributed by atoms with Crippen LogP contribution in [0.5, 0.6) is 0 Å². The zero-order chi connectivity index (χ0) is 21.8. The zero-order valence-electron chi connectivity index (χ0n) is 16.4. The van der Waals surface area contributed by atoms with Gasteiger partial charge in [-0.15, -0.1) is 11.3 Å². The third-order valence-corrected chi connectivity index (χ3v) is 6.62. The molecule has 3 amide bonds. The number of thiazole rings is 2. The second-order valence-electron chi connectivity index (χ2n) is 7.23. The number of nitro groups is 1. The quantitative estimate of drug-likeness (QED) is 0.370. The van der Waals surface area contributed by atoms with E-state index in [-0.39, 0.29) is 30.1 Å². The van der Waals surface area contributed by atoms with E-state index < -0.39 is 4.92 Å². The molecule has 1 fully saturated rings. The van der Waals surface area contributed by atoms with Crippen molar-refractivity contribution in [1.82, 2.24) is 15.3 Å². The molecule has 2 heterocycles. The number of carbonyl (C=O) groups excluding carboxylic acids is 2. The van der Waals surface area contributed by atoms with E-state index in [0.29, 0.717) is 26.2 Å². The number of non-ortho nitro benzene ring substituents is 1. The number of nitrogens with one attached hydrogen (secondary N) is 3. The molecular formula is C19H20N6O4S2. The van der Waals surface area contributed by atoms with Gasteiger partial charge in [0, 0.05) is 23.6 Å². The van der Waals surface area contributed by atoms with Crippen molar-refractivity contribution >= 4 is 60.8 Å². The van der Waals surface area contributed by atoms with Gasteiger partial charge in [-0.3, -0.25) is 20.2 Å². The molecule has 0 spiro atoms. The van der Waals surface area contributed by atoms with Crippen molar-refractivity contribution in [3.63, 3.8) is 0 Å². The molecule has 31 heavy (non-hydrogen) atoms. The average Bonchev–Trinajstić information content (AvgIpc) is 3.33. The number of nitrogens with zero attached hydrogens (tertiary/aromatic N) is 3. The van der Waals surface area contributed by atoms with E-state index in [1.807, 2.05) is 0 Å². The number of carbonyl (C=O) groups is 2. The summed E-state index contributed by atoms with van der Waals surface area (Å²) in [5, 5.41) is 21.8. The number of aromatic nitrogens is 2. The lowest BCUT2D eigenvalue weighted by molar-refractivity contribution is -0.384. The van der Waals surface area contributed by atoms with Crippen LogP contribution in [0, 0.1) is 10.1 Å². The smallest absolute Gasteiger partial charge is 0.321 e.